The first-order chi connectivity index (χ1) is 15.3. The van der Waals surface area contributed by atoms with E-state index in [2.05, 4.69) is 0 Å². The number of hydrogen-bond donors (Lipinski definition) is 0. The van der Waals surface area contributed by atoms with Gasteiger partial charge in [-0.05, 0) is 51.4 Å². The minimum atomic E-state index is -3.99. The number of aromatic nitrogens is 1. The van der Waals surface area contributed by atoms with Crippen molar-refractivity contribution in [3.05, 3.63) is 84.2 Å². The molecule has 0 saturated carbocycles. The summed E-state index contributed by atoms with van der Waals surface area (Å²) in [5.41, 5.74) is 2.37. The van der Waals surface area contributed by atoms with Crippen molar-refractivity contribution in [3.8, 4) is 17.0 Å². The standard InChI is InChI=1S/C25H25FN2O3S/c1-18-9-12-21(13-10-18)32(29,30)28-23-14-11-20(26)17-22(23)25(31-16-15-27(2)3)24(28)19-7-5-4-6-8-19/h4-14,17H,15-16H2,1-3H3. The van der Waals surface area contributed by atoms with Gasteiger partial charge in [0.15, 0.2) is 5.75 Å². The summed E-state index contributed by atoms with van der Waals surface area (Å²) in [6, 6.07) is 19.9. The largest absolute Gasteiger partial charge is 0.489 e. The zero-order valence-corrected chi connectivity index (χ0v) is 19.1. The van der Waals surface area contributed by atoms with Crippen LogP contribution < -0.4 is 4.74 Å². The molecule has 0 amide bonds. The SMILES string of the molecule is Cc1ccc(S(=O)(=O)n2c(-c3ccccc3)c(OCCN(C)C)c3cc(F)ccc32)cc1. The summed E-state index contributed by atoms with van der Waals surface area (Å²) in [5.74, 6) is -0.109. The third-order valence-corrected chi connectivity index (χ3v) is 6.96. The van der Waals surface area contributed by atoms with Gasteiger partial charge in [0.25, 0.3) is 10.0 Å². The van der Waals surface area contributed by atoms with Crippen LogP contribution in [0.4, 0.5) is 4.39 Å². The Bertz CT molecular complexity index is 1350. The molecule has 5 nitrogen and oxygen atoms in total. The van der Waals surface area contributed by atoms with Crippen molar-refractivity contribution in [3.63, 3.8) is 0 Å². The van der Waals surface area contributed by atoms with Gasteiger partial charge in [-0.25, -0.2) is 16.8 Å². The Morgan fingerprint density at radius 3 is 2.31 bits per heavy atom. The second kappa shape index (κ2) is 8.76. The van der Waals surface area contributed by atoms with Crippen LogP contribution in [0.1, 0.15) is 5.56 Å². The zero-order chi connectivity index (χ0) is 22.9. The summed E-state index contributed by atoms with van der Waals surface area (Å²) in [4.78, 5) is 2.12. The van der Waals surface area contributed by atoms with Crippen molar-refractivity contribution in [2.75, 3.05) is 27.2 Å². The van der Waals surface area contributed by atoms with Gasteiger partial charge in [-0.3, -0.25) is 0 Å². The van der Waals surface area contributed by atoms with Crippen LogP contribution in [-0.4, -0.2) is 44.5 Å². The van der Waals surface area contributed by atoms with Crippen LogP contribution in [0.2, 0.25) is 0 Å². The molecular formula is C25H25FN2O3S. The Balaban J connectivity index is 2.04. The Kier molecular flexibility index (Phi) is 6.04. The second-order valence-electron chi connectivity index (χ2n) is 7.94. The van der Waals surface area contributed by atoms with Crippen LogP contribution in [-0.2, 0) is 10.0 Å². The van der Waals surface area contributed by atoms with Crippen LogP contribution in [0.3, 0.4) is 0 Å². The normalized spacial score (nSPS) is 11.9. The number of nitrogens with zero attached hydrogens (tertiary/aromatic N) is 2. The summed E-state index contributed by atoms with van der Waals surface area (Å²) in [6.07, 6.45) is 0. The quantitative estimate of drug-likeness (QED) is 0.399. The minimum absolute atomic E-state index is 0.154. The molecule has 1 heterocycles. The molecule has 3 aromatic carbocycles. The van der Waals surface area contributed by atoms with Gasteiger partial charge in [0.2, 0.25) is 0 Å². The van der Waals surface area contributed by atoms with Crippen molar-refractivity contribution in [2.24, 2.45) is 0 Å². The third kappa shape index (κ3) is 4.13. The third-order valence-electron chi connectivity index (χ3n) is 5.23. The lowest BCUT2D eigenvalue weighted by molar-refractivity contribution is 0.264. The predicted molar refractivity (Wildman–Crippen MR) is 125 cm³/mol. The molecule has 0 radical (unpaired) electrons. The van der Waals surface area contributed by atoms with E-state index in [-0.39, 0.29) is 4.90 Å². The summed E-state index contributed by atoms with van der Waals surface area (Å²) < 4.78 is 49.3. The lowest BCUT2D eigenvalue weighted by atomic mass is 10.1. The molecule has 0 unspecified atom stereocenters. The number of fused-ring (bicyclic) bond motifs is 1. The lowest BCUT2D eigenvalue weighted by Crippen LogP contribution is -2.19. The van der Waals surface area contributed by atoms with Gasteiger partial charge in [0, 0.05) is 17.5 Å². The summed E-state index contributed by atoms with van der Waals surface area (Å²) in [5, 5.41) is 0.415. The molecule has 0 aliphatic rings. The molecule has 7 heteroatoms. The number of ether oxygens (including phenoxy) is 1. The van der Waals surface area contributed by atoms with E-state index in [0.29, 0.717) is 41.1 Å². The molecule has 0 saturated heterocycles. The summed E-state index contributed by atoms with van der Waals surface area (Å²) in [7, 11) is -0.145. The maximum atomic E-state index is 14.3. The smallest absolute Gasteiger partial charge is 0.268 e. The molecule has 0 N–H and O–H groups in total. The Morgan fingerprint density at radius 2 is 1.66 bits per heavy atom. The van der Waals surface area contributed by atoms with Crippen molar-refractivity contribution in [1.29, 1.82) is 0 Å². The molecule has 0 aliphatic heterocycles. The number of benzene rings is 3. The Labute approximate surface area is 187 Å². The van der Waals surface area contributed by atoms with E-state index in [4.69, 9.17) is 4.74 Å². The van der Waals surface area contributed by atoms with E-state index in [9.17, 15) is 12.8 Å². The first-order valence-electron chi connectivity index (χ1n) is 10.3. The van der Waals surface area contributed by atoms with Gasteiger partial charge >= 0.3 is 0 Å². The summed E-state index contributed by atoms with van der Waals surface area (Å²) in [6.45, 7) is 2.85. The first kappa shape index (κ1) is 22.0. The van der Waals surface area contributed by atoms with Crippen molar-refractivity contribution >= 4 is 20.9 Å². The molecule has 0 atom stereocenters. The Morgan fingerprint density at radius 1 is 0.969 bits per heavy atom. The topological polar surface area (TPSA) is 51.5 Å². The van der Waals surface area contributed by atoms with Gasteiger partial charge in [-0.15, -0.1) is 0 Å². The van der Waals surface area contributed by atoms with Crippen LogP contribution >= 0.6 is 0 Å². The molecule has 0 fully saturated rings. The second-order valence-corrected chi connectivity index (χ2v) is 9.73. The minimum Gasteiger partial charge on any atom is -0.489 e. The highest BCUT2D eigenvalue weighted by molar-refractivity contribution is 7.90. The Hall–Kier alpha value is -3.16. The molecule has 4 rings (SSSR count). The van der Waals surface area contributed by atoms with E-state index < -0.39 is 15.8 Å². The monoisotopic (exact) mass is 452 g/mol. The van der Waals surface area contributed by atoms with E-state index in [1.54, 1.807) is 24.3 Å². The number of aryl methyl sites for hydroxylation is 1. The molecule has 1 aromatic heterocycles. The number of rotatable bonds is 7. The fraction of sp³-hybridized carbons (Fsp3) is 0.200. The molecular weight excluding hydrogens is 427 g/mol. The molecule has 4 aromatic rings. The van der Waals surface area contributed by atoms with Crippen LogP contribution in [0, 0.1) is 12.7 Å². The maximum absolute atomic E-state index is 14.3. The van der Waals surface area contributed by atoms with E-state index in [1.807, 2.05) is 56.3 Å². The van der Waals surface area contributed by atoms with Crippen molar-refractivity contribution < 1.29 is 17.5 Å². The molecule has 32 heavy (non-hydrogen) atoms. The van der Waals surface area contributed by atoms with E-state index in [1.165, 1.54) is 22.2 Å². The lowest BCUT2D eigenvalue weighted by Gasteiger charge is -2.15. The molecule has 0 spiro atoms. The predicted octanol–water partition coefficient (Wildman–Crippen LogP) is 4.93. The van der Waals surface area contributed by atoms with E-state index >= 15 is 0 Å². The van der Waals surface area contributed by atoms with E-state index in [0.717, 1.165) is 5.56 Å². The van der Waals surface area contributed by atoms with Gasteiger partial charge in [0.1, 0.15) is 18.1 Å². The number of likely N-dealkylation sites (N-methyl/N-ethyl adjacent to an activating group) is 1. The maximum Gasteiger partial charge on any atom is 0.268 e. The first-order valence-corrected chi connectivity index (χ1v) is 11.7. The molecule has 0 aliphatic carbocycles. The van der Waals surface area contributed by atoms with Gasteiger partial charge in [-0.2, -0.15) is 0 Å². The number of halogens is 1. The zero-order valence-electron chi connectivity index (χ0n) is 18.2. The summed E-state index contributed by atoms with van der Waals surface area (Å²) >= 11 is 0. The molecule has 166 valence electrons. The molecule has 0 bridgehead atoms. The average molecular weight is 453 g/mol. The highest BCUT2D eigenvalue weighted by atomic mass is 32.2. The highest BCUT2D eigenvalue weighted by Crippen LogP contribution is 2.42. The fourth-order valence-corrected chi connectivity index (χ4v) is 5.13. The fourth-order valence-electron chi connectivity index (χ4n) is 3.59. The van der Waals surface area contributed by atoms with Crippen molar-refractivity contribution in [1.82, 2.24) is 8.87 Å². The van der Waals surface area contributed by atoms with Crippen LogP contribution in [0.25, 0.3) is 22.2 Å². The van der Waals surface area contributed by atoms with Gasteiger partial charge < -0.3 is 9.64 Å². The van der Waals surface area contributed by atoms with Crippen molar-refractivity contribution in [2.45, 2.75) is 11.8 Å². The number of hydrogen-bond acceptors (Lipinski definition) is 4. The highest BCUT2D eigenvalue weighted by Gasteiger charge is 2.29. The van der Waals surface area contributed by atoms with Gasteiger partial charge in [0.05, 0.1) is 10.4 Å². The van der Waals surface area contributed by atoms with Crippen LogP contribution in [0.5, 0.6) is 5.75 Å². The average Bonchev–Trinajstić information content (AvgIpc) is 3.08. The van der Waals surface area contributed by atoms with Gasteiger partial charge in [-0.1, -0.05) is 48.0 Å². The van der Waals surface area contributed by atoms with Crippen LogP contribution in [0.15, 0.2) is 77.7 Å².